The van der Waals surface area contributed by atoms with Crippen molar-refractivity contribution in [1.29, 1.82) is 0 Å². The second-order valence-electron chi connectivity index (χ2n) is 6.20. The molecule has 1 heterocycles. The van der Waals surface area contributed by atoms with Crippen LogP contribution in [-0.2, 0) is 19.4 Å². The maximum absolute atomic E-state index is 4.80. The predicted molar refractivity (Wildman–Crippen MR) is 81.2 cm³/mol. The first-order valence-corrected chi connectivity index (χ1v) is 7.43. The van der Waals surface area contributed by atoms with E-state index >= 15 is 0 Å². The van der Waals surface area contributed by atoms with Gasteiger partial charge in [-0.25, -0.2) is 0 Å². The number of fused-ring (bicyclic) bond motifs is 1. The van der Waals surface area contributed by atoms with Crippen LogP contribution in [0.1, 0.15) is 50.6 Å². The lowest BCUT2D eigenvalue weighted by Crippen LogP contribution is -2.22. The van der Waals surface area contributed by atoms with Crippen LogP contribution in [0.25, 0.3) is 5.57 Å². The Morgan fingerprint density at radius 3 is 2.83 bits per heavy atom. The van der Waals surface area contributed by atoms with Crippen LogP contribution in [-0.4, -0.2) is 15.5 Å². The summed E-state index contributed by atoms with van der Waals surface area (Å²) >= 11 is 4.29. The highest BCUT2D eigenvalue weighted by atomic mass is 32.1. The molecule has 0 atom stereocenters. The van der Waals surface area contributed by atoms with E-state index in [1.54, 1.807) is 0 Å². The molecule has 1 aliphatic rings. The van der Waals surface area contributed by atoms with Gasteiger partial charge in [0.15, 0.2) is 0 Å². The number of thiol groups is 1. The molecule has 0 N–H and O–H groups in total. The summed E-state index contributed by atoms with van der Waals surface area (Å²) in [6.45, 7) is 11.9. The quantitative estimate of drug-likeness (QED) is 0.820. The molecule has 1 aromatic rings. The highest BCUT2D eigenvalue weighted by Gasteiger charge is 2.30. The van der Waals surface area contributed by atoms with Crippen LogP contribution >= 0.6 is 12.6 Å². The van der Waals surface area contributed by atoms with Gasteiger partial charge in [0.25, 0.3) is 0 Å². The minimum atomic E-state index is 0.397. The molecule has 1 aromatic heterocycles. The van der Waals surface area contributed by atoms with Gasteiger partial charge in [0.1, 0.15) is 0 Å². The Morgan fingerprint density at radius 1 is 1.50 bits per heavy atom. The van der Waals surface area contributed by atoms with Crippen molar-refractivity contribution >= 4 is 18.2 Å². The van der Waals surface area contributed by atoms with Gasteiger partial charge in [0, 0.05) is 12.1 Å². The van der Waals surface area contributed by atoms with Crippen molar-refractivity contribution in [3.63, 3.8) is 0 Å². The molecular formula is C15H24N2S. The van der Waals surface area contributed by atoms with Crippen LogP contribution in [0.5, 0.6) is 0 Å². The van der Waals surface area contributed by atoms with E-state index in [4.69, 9.17) is 5.10 Å². The standard InChI is InChI=1S/C15H24N2S/c1-11(2)14-12-10-15(3,4)7-6-13(12)16-17(14)8-5-9-18/h18H,1,5-10H2,2-4H3. The van der Waals surface area contributed by atoms with Crippen LogP contribution in [0.3, 0.4) is 0 Å². The Balaban J connectivity index is 2.39. The lowest BCUT2D eigenvalue weighted by atomic mass is 9.75. The Hall–Kier alpha value is -0.700. The van der Waals surface area contributed by atoms with Gasteiger partial charge in [-0.15, -0.1) is 0 Å². The van der Waals surface area contributed by atoms with E-state index in [1.807, 2.05) is 0 Å². The minimum absolute atomic E-state index is 0.397. The van der Waals surface area contributed by atoms with E-state index in [0.29, 0.717) is 5.41 Å². The van der Waals surface area contributed by atoms with Gasteiger partial charge in [0.05, 0.1) is 11.4 Å². The van der Waals surface area contributed by atoms with Crippen molar-refractivity contribution in [1.82, 2.24) is 9.78 Å². The second-order valence-corrected chi connectivity index (χ2v) is 6.64. The van der Waals surface area contributed by atoms with Gasteiger partial charge in [-0.2, -0.15) is 17.7 Å². The number of rotatable bonds is 4. The normalized spacial score (nSPS) is 17.6. The number of aromatic nitrogens is 2. The summed E-state index contributed by atoms with van der Waals surface area (Å²) in [4.78, 5) is 0. The third-order valence-electron chi connectivity index (χ3n) is 3.76. The van der Waals surface area contributed by atoms with Crippen molar-refractivity contribution in [3.05, 3.63) is 23.5 Å². The van der Waals surface area contributed by atoms with E-state index in [0.717, 1.165) is 37.1 Å². The molecule has 0 aliphatic heterocycles. The third-order valence-corrected chi connectivity index (χ3v) is 4.08. The monoisotopic (exact) mass is 264 g/mol. The topological polar surface area (TPSA) is 17.8 Å². The number of aryl methyl sites for hydroxylation is 2. The van der Waals surface area contributed by atoms with Crippen LogP contribution in [0.2, 0.25) is 0 Å². The molecule has 0 bridgehead atoms. The first-order chi connectivity index (χ1) is 8.44. The molecule has 2 nitrogen and oxygen atoms in total. The smallest absolute Gasteiger partial charge is 0.0668 e. The Bertz CT molecular complexity index is 457. The van der Waals surface area contributed by atoms with Crippen molar-refractivity contribution in [3.8, 4) is 0 Å². The number of hydrogen-bond acceptors (Lipinski definition) is 2. The number of nitrogens with zero attached hydrogens (tertiary/aromatic N) is 2. The predicted octanol–water partition coefficient (Wildman–Crippen LogP) is 3.75. The third kappa shape index (κ3) is 2.66. The number of allylic oxidation sites excluding steroid dienone is 1. The van der Waals surface area contributed by atoms with E-state index in [1.165, 1.54) is 23.4 Å². The summed E-state index contributed by atoms with van der Waals surface area (Å²) in [5.74, 6) is 0.908. The lowest BCUT2D eigenvalue weighted by molar-refractivity contribution is 0.313. The van der Waals surface area contributed by atoms with Gasteiger partial charge >= 0.3 is 0 Å². The molecule has 0 fully saturated rings. The largest absolute Gasteiger partial charge is 0.265 e. The Labute approximate surface area is 116 Å². The zero-order valence-electron chi connectivity index (χ0n) is 11.8. The van der Waals surface area contributed by atoms with Gasteiger partial charge in [-0.3, -0.25) is 4.68 Å². The van der Waals surface area contributed by atoms with E-state index in [9.17, 15) is 0 Å². The molecular weight excluding hydrogens is 240 g/mol. The summed E-state index contributed by atoms with van der Waals surface area (Å²) < 4.78 is 2.16. The molecule has 0 aromatic carbocycles. The highest BCUT2D eigenvalue weighted by Crippen LogP contribution is 2.37. The van der Waals surface area contributed by atoms with E-state index in [-0.39, 0.29) is 0 Å². The first-order valence-electron chi connectivity index (χ1n) is 6.80. The maximum Gasteiger partial charge on any atom is 0.0668 e. The minimum Gasteiger partial charge on any atom is -0.265 e. The average Bonchev–Trinajstić information content (AvgIpc) is 2.62. The van der Waals surface area contributed by atoms with Crippen LogP contribution in [0, 0.1) is 5.41 Å². The first kappa shape index (κ1) is 13.7. The van der Waals surface area contributed by atoms with Crippen molar-refractivity contribution in [2.75, 3.05) is 5.75 Å². The SMILES string of the molecule is C=C(C)c1c2c(nn1CCCS)CCC(C)(C)C2. The van der Waals surface area contributed by atoms with Gasteiger partial charge in [0.2, 0.25) is 0 Å². The molecule has 0 saturated carbocycles. The summed E-state index contributed by atoms with van der Waals surface area (Å²) in [6, 6.07) is 0. The fraction of sp³-hybridized carbons (Fsp3) is 0.667. The summed E-state index contributed by atoms with van der Waals surface area (Å²) in [5.41, 5.74) is 5.55. The fourth-order valence-electron chi connectivity index (χ4n) is 2.82. The number of hydrogen-bond donors (Lipinski definition) is 1. The molecule has 0 amide bonds. The van der Waals surface area contributed by atoms with E-state index < -0.39 is 0 Å². The lowest BCUT2D eigenvalue weighted by Gasteiger charge is -2.29. The van der Waals surface area contributed by atoms with Gasteiger partial charge in [-0.05, 0) is 49.3 Å². The molecule has 0 unspecified atom stereocenters. The molecule has 0 radical (unpaired) electrons. The molecule has 3 heteroatoms. The highest BCUT2D eigenvalue weighted by molar-refractivity contribution is 7.80. The second kappa shape index (κ2) is 5.12. The Kier molecular flexibility index (Phi) is 3.90. The molecule has 1 aliphatic carbocycles. The van der Waals surface area contributed by atoms with E-state index in [2.05, 4.69) is 44.7 Å². The Morgan fingerprint density at radius 2 is 2.22 bits per heavy atom. The summed E-state index contributed by atoms with van der Waals surface area (Å²) in [6.07, 6.45) is 4.54. The van der Waals surface area contributed by atoms with Gasteiger partial charge in [-0.1, -0.05) is 20.4 Å². The molecule has 18 heavy (non-hydrogen) atoms. The zero-order chi connectivity index (χ0) is 13.3. The van der Waals surface area contributed by atoms with Crippen LogP contribution in [0.15, 0.2) is 6.58 Å². The maximum atomic E-state index is 4.80. The molecule has 0 spiro atoms. The average molecular weight is 264 g/mol. The molecule has 2 rings (SSSR count). The van der Waals surface area contributed by atoms with Crippen LogP contribution < -0.4 is 0 Å². The molecule has 100 valence electrons. The molecule has 0 saturated heterocycles. The van der Waals surface area contributed by atoms with Crippen molar-refractivity contribution < 1.29 is 0 Å². The zero-order valence-corrected chi connectivity index (χ0v) is 12.7. The van der Waals surface area contributed by atoms with Crippen molar-refractivity contribution in [2.24, 2.45) is 5.41 Å². The van der Waals surface area contributed by atoms with Gasteiger partial charge < -0.3 is 0 Å². The van der Waals surface area contributed by atoms with Crippen LogP contribution in [0.4, 0.5) is 0 Å². The van der Waals surface area contributed by atoms with Crippen molar-refractivity contribution in [2.45, 2.75) is 53.0 Å². The fourth-order valence-corrected chi connectivity index (χ4v) is 2.96. The summed E-state index contributed by atoms with van der Waals surface area (Å²) in [5, 5.41) is 4.80. The summed E-state index contributed by atoms with van der Waals surface area (Å²) in [7, 11) is 0.